The molecule has 1 aromatic carbocycles. The van der Waals surface area contributed by atoms with E-state index in [-0.39, 0.29) is 6.04 Å². The molecular formula is C12H10ClNO2S2. The Kier molecular flexibility index (Phi) is 2.94. The molecule has 1 aromatic heterocycles. The monoisotopic (exact) mass is 299 g/mol. The molecule has 0 aliphatic carbocycles. The average Bonchev–Trinajstić information content (AvgIpc) is 3.07. The number of hydrogen-bond donors (Lipinski definition) is 0. The van der Waals surface area contributed by atoms with Gasteiger partial charge >= 0.3 is 0 Å². The normalized spacial score (nSPS) is 22.9. The van der Waals surface area contributed by atoms with E-state index in [9.17, 15) is 8.42 Å². The molecule has 18 heavy (non-hydrogen) atoms. The predicted octanol–water partition coefficient (Wildman–Crippen LogP) is 3.15. The quantitative estimate of drug-likeness (QED) is 0.817. The van der Waals surface area contributed by atoms with Crippen LogP contribution in [-0.2, 0) is 10.0 Å². The number of benzene rings is 1. The van der Waals surface area contributed by atoms with Crippen LogP contribution in [0.25, 0.3) is 0 Å². The average molecular weight is 300 g/mol. The molecule has 1 fully saturated rings. The van der Waals surface area contributed by atoms with Crippen molar-refractivity contribution in [1.82, 2.24) is 4.31 Å². The largest absolute Gasteiger partial charge is 0.253 e. The van der Waals surface area contributed by atoms with Gasteiger partial charge in [-0.3, -0.25) is 0 Å². The van der Waals surface area contributed by atoms with Crippen LogP contribution in [0.15, 0.2) is 46.7 Å². The van der Waals surface area contributed by atoms with Crippen molar-refractivity contribution >= 4 is 33.0 Å². The minimum atomic E-state index is -3.37. The molecule has 2 heterocycles. The zero-order valence-corrected chi connectivity index (χ0v) is 11.7. The lowest BCUT2D eigenvalue weighted by molar-refractivity contribution is 0.556. The van der Waals surface area contributed by atoms with Crippen molar-refractivity contribution in [3.05, 3.63) is 52.4 Å². The van der Waals surface area contributed by atoms with Gasteiger partial charge in [0, 0.05) is 6.54 Å². The van der Waals surface area contributed by atoms with Crippen molar-refractivity contribution in [2.45, 2.75) is 10.3 Å². The summed E-state index contributed by atoms with van der Waals surface area (Å²) in [5.74, 6) is 0. The minimum Gasteiger partial charge on any atom is -0.206 e. The topological polar surface area (TPSA) is 37.1 Å². The Bertz CT molecular complexity index is 666. The molecule has 94 valence electrons. The lowest BCUT2D eigenvalue weighted by atomic mass is 10.2. The van der Waals surface area contributed by atoms with Crippen LogP contribution < -0.4 is 0 Å². The maximum atomic E-state index is 12.3. The Hall–Kier alpha value is -0.880. The van der Waals surface area contributed by atoms with E-state index in [0.29, 0.717) is 15.1 Å². The van der Waals surface area contributed by atoms with Crippen LogP contribution in [0, 0.1) is 0 Å². The highest BCUT2D eigenvalue weighted by molar-refractivity contribution is 7.91. The molecule has 1 saturated heterocycles. The van der Waals surface area contributed by atoms with Gasteiger partial charge in [-0.2, -0.15) is 4.31 Å². The SMILES string of the molecule is O=S(=O)(c1ccc(Cl)s1)N1C[C@H]1c1ccccc1. The highest BCUT2D eigenvalue weighted by atomic mass is 35.5. The van der Waals surface area contributed by atoms with Gasteiger partial charge in [-0.15, -0.1) is 11.3 Å². The number of rotatable bonds is 3. The zero-order valence-electron chi connectivity index (χ0n) is 9.28. The molecule has 2 aromatic rings. The van der Waals surface area contributed by atoms with Crippen molar-refractivity contribution in [2.24, 2.45) is 0 Å². The Morgan fingerprint density at radius 1 is 1.17 bits per heavy atom. The lowest BCUT2D eigenvalue weighted by Gasteiger charge is -2.03. The van der Waals surface area contributed by atoms with Gasteiger partial charge in [0.15, 0.2) is 0 Å². The van der Waals surface area contributed by atoms with Gasteiger partial charge < -0.3 is 0 Å². The van der Waals surface area contributed by atoms with E-state index in [2.05, 4.69) is 0 Å². The predicted molar refractivity (Wildman–Crippen MR) is 72.4 cm³/mol. The summed E-state index contributed by atoms with van der Waals surface area (Å²) in [4.78, 5) is 0. The molecule has 1 aliphatic heterocycles. The van der Waals surface area contributed by atoms with Gasteiger partial charge in [0.25, 0.3) is 10.0 Å². The molecule has 0 bridgehead atoms. The van der Waals surface area contributed by atoms with Crippen LogP contribution in [-0.4, -0.2) is 19.3 Å². The fraction of sp³-hybridized carbons (Fsp3) is 0.167. The Balaban J connectivity index is 1.86. The van der Waals surface area contributed by atoms with Crippen molar-refractivity contribution in [2.75, 3.05) is 6.54 Å². The summed E-state index contributed by atoms with van der Waals surface area (Å²) in [6.45, 7) is 0.544. The molecule has 1 aliphatic rings. The van der Waals surface area contributed by atoms with Gasteiger partial charge in [-0.25, -0.2) is 8.42 Å². The third-order valence-corrected chi connectivity index (χ3v) is 6.44. The second-order valence-electron chi connectivity index (χ2n) is 4.06. The van der Waals surface area contributed by atoms with E-state index >= 15 is 0 Å². The van der Waals surface area contributed by atoms with Gasteiger partial charge in [0.05, 0.1) is 10.4 Å². The van der Waals surface area contributed by atoms with Crippen LogP contribution in [0.2, 0.25) is 4.34 Å². The Morgan fingerprint density at radius 2 is 1.89 bits per heavy atom. The van der Waals surface area contributed by atoms with Crippen LogP contribution in [0.4, 0.5) is 0 Å². The molecule has 0 saturated carbocycles. The van der Waals surface area contributed by atoms with E-state index in [1.807, 2.05) is 30.3 Å². The summed E-state index contributed by atoms with van der Waals surface area (Å²) < 4.78 is 26.8. The molecule has 0 N–H and O–H groups in total. The van der Waals surface area contributed by atoms with Gasteiger partial charge in [0.1, 0.15) is 4.21 Å². The first kappa shape index (κ1) is 12.2. The summed E-state index contributed by atoms with van der Waals surface area (Å²) in [5, 5.41) is 0. The molecule has 2 atom stereocenters. The van der Waals surface area contributed by atoms with Crippen LogP contribution in [0.5, 0.6) is 0 Å². The number of nitrogens with zero attached hydrogens (tertiary/aromatic N) is 1. The summed E-state index contributed by atoms with van der Waals surface area (Å²) >= 11 is 6.88. The number of hydrogen-bond acceptors (Lipinski definition) is 3. The smallest absolute Gasteiger partial charge is 0.206 e. The highest BCUT2D eigenvalue weighted by Crippen LogP contribution is 2.42. The summed E-state index contributed by atoms with van der Waals surface area (Å²) in [7, 11) is -3.37. The number of thiophene rings is 1. The first-order valence-corrected chi connectivity index (χ1v) is 8.04. The first-order chi connectivity index (χ1) is 8.59. The first-order valence-electron chi connectivity index (χ1n) is 5.41. The maximum Gasteiger partial charge on any atom is 0.253 e. The maximum absolute atomic E-state index is 12.3. The molecular weight excluding hydrogens is 290 g/mol. The third-order valence-electron chi connectivity index (χ3n) is 2.86. The summed E-state index contributed by atoms with van der Waals surface area (Å²) in [6, 6.07) is 12.8. The fourth-order valence-electron chi connectivity index (χ4n) is 1.89. The second-order valence-corrected chi connectivity index (χ2v) is 7.89. The van der Waals surface area contributed by atoms with E-state index < -0.39 is 10.0 Å². The summed E-state index contributed by atoms with van der Waals surface area (Å²) in [5.41, 5.74) is 1.03. The van der Waals surface area contributed by atoms with Crippen molar-refractivity contribution < 1.29 is 8.42 Å². The number of halogens is 1. The second kappa shape index (κ2) is 4.35. The van der Waals surface area contributed by atoms with Crippen LogP contribution in [0.3, 0.4) is 0 Å². The molecule has 0 amide bonds. The molecule has 0 radical (unpaired) electrons. The zero-order chi connectivity index (χ0) is 12.8. The molecule has 1 unspecified atom stereocenters. The van der Waals surface area contributed by atoms with Crippen molar-refractivity contribution in [1.29, 1.82) is 0 Å². The lowest BCUT2D eigenvalue weighted by Crippen LogP contribution is -2.11. The molecule has 6 heteroatoms. The van der Waals surface area contributed by atoms with Gasteiger partial charge in [0.2, 0.25) is 0 Å². The van der Waals surface area contributed by atoms with Crippen LogP contribution >= 0.6 is 22.9 Å². The standard InChI is InChI=1S/C12H10ClNO2S2/c13-11-6-7-12(17-11)18(15,16)14-8-10(14)9-4-2-1-3-5-9/h1-7,10H,8H2/t10-,14?/m0/s1. The van der Waals surface area contributed by atoms with Gasteiger partial charge in [-0.1, -0.05) is 41.9 Å². The van der Waals surface area contributed by atoms with Crippen molar-refractivity contribution in [3.8, 4) is 0 Å². The Morgan fingerprint density at radius 3 is 2.50 bits per heavy atom. The molecule has 3 nitrogen and oxygen atoms in total. The minimum absolute atomic E-state index is 0.0305. The van der Waals surface area contributed by atoms with Crippen LogP contribution in [0.1, 0.15) is 11.6 Å². The molecule has 3 rings (SSSR count). The highest BCUT2D eigenvalue weighted by Gasteiger charge is 2.45. The third kappa shape index (κ3) is 2.07. The van der Waals surface area contributed by atoms with E-state index in [0.717, 1.165) is 16.9 Å². The fourth-order valence-corrected chi connectivity index (χ4v) is 5.04. The van der Waals surface area contributed by atoms with Gasteiger partial charge in [-0.05, 0) is 17.7 Å². The van der Waals surface area contributed by atoms with E-state index in [1.54, 1.807) is 12.1 Å². The molecule has 0 spiro atoms. The van der Waals surface area contributed by atoms with Crippen molar-refractivity contribution in [3.63, 3.8) is 0 Å². The summed E-state index contributed by atoms with van der Waals surface area (Å²) in [6.07, 6.45) is 0. The van der Waals surface area contributed by atoms with E-state index in [4.69, 9.17) is 11.6 Å². The number of sulfonamides is 1. The van der Waals surface area contributed by atoms with E-state index in [1.165, 1.54) is 4.31 Å². The Labute approximate surface area is 115 Å².